The van der Waals surface area contributed by atoms with Crippen LogP contribution in [0.25, 0.3) is 64.5 Å². The quantitative estimate of drug-likeness (QED) is 0.183. The summed E-state index contributed by atoms with van der Waals surface area (Å²) in [6.45, 7) is 4.29. The van der Waals surface area contributed by atoms with E-state index in [9.17, 15) is 0 Å². The van der Waals surface area contributed by atoms with Crippen LogP contribution in [0.15, 0.2) is 155 Å². The first kappa shape index (κ1) is 29.3. The van der Waals surface area contributed by atoms with Crippen LogP contribution in [0.3, 0.4) is 0 Å². The van der Waals surface area contributed by atoms with Crippen molar-refractivity contribution in [3.05, 3.63) is 173 Å². The molecule has 6 aromatic carbocycles. The fraction of sp³-hybridized carbons (Fsp3) is 0.0870. The van der Waals surface area contributed by atoms with Crippen molar-refractivity contribution in [1.82, 2.24) is 0 Å². The summed E-state index contributed by atoms with van der Waals surface area (Å²) in [4.78, 5) is 2.93. The average molecular weight is 651 g/mol. The van der Waals surface area contributed by atoms with Gasteiger partial charge in [0.25, 0.3) is 0 Å². The van der Waals surface area contributed by atoms with Crippen molar-refractivity contribution >= 4 is 76.5 Å². The maximum absolute atomic E-state index is 2.41. The summed E-state index contributed by atoms with van der Waals surface area (Å²) in [6, 6.07) is 47.1. The van der Waals surface area contributed by atoms with Crippen LogP contribution in [0, 0.1) is 6.92 Å². The van der Waals surface area contributed by atoms with Crippen LogP contribution < -0.4 is 0 Å². The molecule has 0 nitrogen and oxygen atoms in total. The van der Waals surface area contributed by atoms with E-state index in [1.54, 1.807) is 0 Å². The van der Waals surface area contributed by atoms with E-state index in [1.165, 1.54) is 90.5 Å². The van der Waals surface area contributed by atoms with Crippen LogP contribution in [0.2, 0.25) is 0 Å². The van der Waals surface area contributed by atoms with Crippen LogP contribution >= 0.6 is 23.1 Å². The van der Waals surface area contributed by atoms with Gasteiger partial charge in [0.2, 0.25) is 0 Å². The second-order valence-electron chi connectivity index (χ2n) is 12.8. The van der Waals surface area contributed by atoms with Gasteiger partial charge in [-0.15, -0.1) is 11.3 Å². The highest BCUT2D eigenvalue weighted by Gasteiger charge is 2.35. The SMILES string of the molecule is C/C=C\c1ccc(-c2ccccccc(C3=CC=C4Sc5c(c6ccccc6c6c5sc5ccccc56)C4C3)c3ccccc23)cc1C. The molecule has 1 aromatic heterocycles. The largest absolute Gasteiger partial charge is 0.134 e. The lowest BCUT2D eigenvalue weighted by Gasteiger charge is -2.22. The summed E-state index contributed by atoms with van der Waals surface area (Å²) in [7, 11) is 0. The summed E-state index contributed by atoms with van der Waals surface area (Å²) in [5.41, 5.74) is 9.22. The molecule has 1 atom stereocenters. The molecule has 0 fully saturated rings. The van der Waals surface area contributed by atoms with E-state index < -0.39 is 0 Å². The van der Waals surface area contributed by atoms with Gasteiger partial charge in [0.05, 0.1) is 4.70 Å². The highest BCUT2D eigenvalue weighted by atomic mass is 32.2. The third kappa shape index (κ3) is 4.74. The lowest BCUT2D eigenvalue weighted by molar-refractivity contribution is 0.863. The molecule has 0 saturated heterocycles. The number of allylic oxidation sites excluding steroid dienone is 5. The predicted octanol–water partition coefficient (Wildman–Crippen LogP) is 14.1. The van der Waals surface area contributed by atoms with Crippen LogP contribution in [-0.4, -0.2) is 0 Å². The molecular formula is C46H34S2. The van der Waals surface area contributed by atoms with Gasteiger partial charge in [-0.2, -0.15) is 0 Å². The summed E-state index contributed by atoms with van der Waals surface area (Å²) >= 11 is 3.96. The van der Waals surface area contributed by atoms with Gasteiger partial charge < -0.3 is 0 Å². The molecule has 9 rings (SSSR count). The lowest BCUT2D eigenvalue weighted by atomic mass is 9.82. The molecule has 0 saturated carbocycles. The van der Waals surface area contributed by atoms with E-state index in [1.807, 2.05) is 23.1 Å². The fourth-order valence-electron chi connectivity index (χ4n) is 7.76. The van der Waals surface area contributed by atoms with Crippen molar-refractivity contribution in [2.45, 2.75) is 31.1 Å². The van der Waals surface area contributed by atoms with E-state index in [-0.39, 0.29) is 0 Å². The van der Waals surface area contributed by atoms with Gasteiger partial charge in [-0.05, 0) is 91.7 Å². The van der Waals surface area contributed by atoms with Gasteiger partial charge in [0.1, 0.15) is 0 Å². The van der Waals surface area contributed by atoms with Crippen LogP contribution in [0.1, 0.15) is 41.5 Å². The molecule has 0 bridgehead atoms. The van der Waals surface area contributed by atoms with Crippen LogP contribution in [0.5, 0.6) is 0 Å². The van der Waals surface area contributed by atoms with Gasteiger partial charge in [-0.3, -0.25) is 0 Å². The summed E-state index contributed by atoms with van der Waals surface area (Å²) < 4.78 is 2.81. The smallest absolute Gasteiger partial charge is 0.0504 e. The van der Waals surface area contributed by atoms with E-state index in [2.05, 4.69) is 166 Å². The Hall–Kier alpha value is -4.89. The van der Waals surface area contributed by atoms with Gasteiger partial charge in [0, 0.05) is 26.3 Å². The van der Waals surface area contributed by atoms with E-state index in [0.29, 0.717) is 5.92 Å². The molecule has 2 heteroatoms. The molecule has 1 unspecified atom stereocenters. The van der Waals surface area contributed by atoms with Gasteiger partial charge in [0.15, 0.2) is 0 Å². The van der Waals surface area contributed by atoms with Gasteiger partial charge in [-0.1, -0.05) is 157 Å². The van der Waals surface area contributed by atoms with Crippen molar-refractivity contribution < 1.29 is 0 Å². The minimum Gasteiger partial charge on any atom is -0.134 e. The standard InChI is InChI=1S/C46H34S2/c1-3-14-30-23-24-31(27-29(30)2)33-15-6-4-5-7-16-34(36-18-9-8-17-35(33)36)32-25-26-42-40(28-32)44-38-20-11-10-19-37(38)43-39-21-12-13-22-41(39)47-45(43)46(44)48-42/h3-27,40H,28H2,1-2H3/b5-4?,6-4?,7-5?,14-3-,15-6?,16-7?,33-15?,34-16?,35-33?,36-34?. The third-order valence-electron chi connectivity index (χ3n) is 9.96. The number of aryl methyl sites for hydroxylation is 1. The Labute approximate surface area is 290 Å². The molecule has 48 heavy (non-hydrogen) atoms. The Morgan fingerprint density at radius 3 is 2.08 bits per heavy atom. The van der Waals surface area contributed by atoms with Gasteiger partial charge >= 0.3 is 0 Å². The number of hydrogen-bond donors (Lipinski definition) is 0. The molecule has 2 aliphatic rings. The zero-order valence-corrected chi connectivity index (χ0v) is 28.7. The van der Waals surface area contributed by atoms with Crippen molar-refractivity contribution in [1.29, 1.82) is 0 Å². The Bertz CT molecular complexity index is 2590. The minimum absolute atomic E-state index is 0.341. The van der Waals surface area contributed by atoms with Crippen LogP contribution in [0.4, 0.5) is 0 Å². The number of thioether (sulfide) groups is 1. The highest BCUT2D eigenvalue weighted by molar-refractivity contribution is 8.03. The fourth-order valence-corrected chi connectivity index (χ4v) is 10.5. The Morgan fingerprint density at radius 1 is 0.646 bits per heavy atom. The molecule has 1 aliphatic heterocycles. The number of benzene rings is 5. The molecule has 0 N–H and O–H groups in total. The Balaban J connectivity index is 1.23. The van der Waals surface area contributed by atoms with Crippen molar-refractivity contribution in [3.8, 4) is 11.1 Å². The van der Waals surface area contributed by atoms with Crippen molar-refractivity contribution in [3.63, 3.8) is 0 Å². The zero-order valence-electron chi connectivity index (χ0n) is 27.0. The second kappa shape index (κ2) is 12.0. The van der Waals surface area contributed by atoms with E-state index in [0.717, 1.165) is 6.42 Å². The summed E-state index contributed by atoms with van der Waals surface area (Å²) in [5.74, 6) is 0.341. The van der Waals surface area contributed by atoms with Crippen molar-refractivity contribution in [2.24, 2.45) is 0 Å². The first-order chi connectivity index (χ1) is 23.7. The van der Waals surface area contributed by atoms with E-state index >= 15 is 0 Å². The van der Waals surface area contributed by atoms with Crippen molar-refractivity contribution in [2.75, 3.05) is 0 Å². The molecule has 0 radical (unpaired) electrons. The normalized spacial score (nSPS) is 15.5. The monoisotopic (exact) mass is 650 g/mol. The van der Waals surface area contributed by atoms with E-state index in [4.69, 9.17) is 0 Å². The predicted molar refractivity (Wildman–Crippen MR) is 213 cm³/mol. The van der Waals surface area contributed by atoms with Gasteiger partial charge in [-0.25, -0.2) is 0 Å². The molecule has 0 amide bonds. The maximum Gasteiger partial charge on any atom is 0.0504 e. The maximum atomic E-state index is 2.41. The molecule has 7 aromatic rings. The Kier molecular flexibility index (Phi) is 7.30. The molecule has 0 spiro atoms. The first-order valence-electron chi connectivity index (χ1n) is 16.7. The summed E-state index contributed by atoms with van der Waals surface area (Å²) in [6.07, 6.45) is 10.1. The first-order valence-corrected chi connectivity index (χ1v) is 18.4. The number of fused-ring (bicyclic) bond motifs is 11. The minimum atomic E-state index is 0.341. The molecule has 2 heterocycles. The summed E-state index contributed by atoms with van der Waals surface area (Å²) in [5, 5.41) is 8.11. The average Bonchev–Trinajstić information content (AvgIpc) is 3.70. The number of rotatable bonds is 3. The topological polar surface area (TPSA) is 0 Å². The number of thiophene rings is 1. The third-order valence-corrected chi connectivity index (χ3v) is 12.6. The zero-order chi connectivity index (χ0) is 32.2. The Morgan fingerprint density at radius 2 is 1.31 bits per heavy atom. The molecule has 230 valence electrons. The van der Waals surface area contributed by atoms with Crippen LogP contribution in [-0.2, 0) is 0 Å². The molecular weight excluding hydrogens is 617 g/mol. The lowest BCUT2D eigenvalue weighted by Crippen LogP contribution is -2.03. The number of hydrogen-bond acceptors (Lipinski definition) is 2. The highest BCUT2D eigenvalue weighted by Crippen LogP contribution is 2.60. The molecule has 1 aliphatic carbocycles. The second-order valence-corrected chi connectivity index (χ2v) is 14.9.